The quantitative estimate of drug-likeness (QED) is 0.750. The standard InChI is InChI=1S/C19H19NO2.ClH/c20-13-17(21)19(15-8-2-1-3-9-15)22-18-12-6-10-14-7-4-5-11-16(14)18;/h1-12,17,19,21H,13,20H2;1H/t17-,19+;/m1./s1. The number of hydrogen-bond acceptors (Lipinski definition) is 3. The van der Waals surface area contributed by atoms with Gasteiger partial charge in [0.1, 0.15) is 11.9 Å². The molecule has 0 fully saturated rings. The van der Waals surface area contributed by atoms with Crippen molar-refractivity contribution in [3.63, 3.8) is 0 Å². The third kappa shape index (κ3) is 3.82. The van der Waals surface area contributed by atoms with Crippen molar-refractivity contribution in [1.29, 1.82) is 0 Å². The van der Waals surface area contributed by atoms with Gasteiger partial charge in [0.05, 0.1) is 0 Å². The molecule has 3 aromatic rings. The van der Waals surface area contributed by atoms with Crippen LogP contribution in [0.3, 0.4) is 0 Å². The van der Waals surface area contributed by atoms with Crippen LogP contribution in [0.2, 0.25) is 0 Å². The van der Waals surface area contributed by atoms with Gasteiger partial charge in [-0.15, -0.1) is 12.4 Å². The van der Waals surface area contributed by atoms with Crippen molar-refractivity contribution >= 4 is 23.2 Å². The molecule has 3 nitrogen and oxygen atoms in total. The first-order valence-electron chi connectivity index (χ1n) is 7.37. The Hall–Kier alpha value is -2.07. The molecule has 0 aliphatic carbocycles. The van der Waals surface area contributed by atoms with E-state index in [1.807, 2.05) is 72.8 Å². The number of ether oxygens (including phenoxy) is 1. The third-order valence-electron chi connectivity index (χ3n) is 3.72. The summed E-state index contributed by atoms with van der Waals surface area (Å²) >= 11 is 0. The van der Waals surface area contributed by atoms with Crippen LogP contribution in [-0.2, 0) is 0 Å². The van der Waals surface area contributed by atoms with Gasteiger partial charge in [-0.3, -0.25) is 0 Å². The van der Waals surface area contributed by atoms with E-state index in [-0.39, 0.29) is 19.0 Å². The zero-order chi connectivity index (χ0) is 15.4. The monoisotopic (exact) mass is 329 g/mol. The number of aliphatic hydroxyl groups excluding tert-OH is 1. The van der Waals surface area contributed by atoms with Gasteiger partial charge >= 0.3 is 0 Å². The molecule has 3 aromatic carbocycles. The van der Waals surface area contributed by atoms with Crippen LogP contribution in [0.5, 0.6) is 5.75 Å². The average Bonchev–Trinajstić information content (AvgIpc) is 2.60. The molecule has 120 valence electrons. The Morgan fingerprint density at radius 3 is 2.26 bits per heavy atom. The lowest BCUT2D eigenvalue weighted by molar-refractivity contribution is 0.0423. The highest BCUT2D eigenvalue weighted by atomic mass is 35.5. The highest BCUT2D eigenvalue weighted by Gasteiger charge is 2.22. The number of aliphatic hydroxyl groups is 1. The smallest absolute Gasteiger partial charge is 0.151 e. The maximum atomic E-state index is 10.3. The van der Waals surface area contributed by atoms with Crippen LogP contribution in [0.25, 0.3) is 10.8 Å². The number of nitrogens with two attached hydrogens (primary N) is 1. The Kier molecular flexibility index (Phi) is 5.99. The van der Waals surface area contributed by atoms with Crippen LogP contribution < -0.4 is 10.5 Å². The van der Waals surface area contributed by atoms with Crippen LogP contribution in [0.1, 0.15) is 11.7 Å². The molecule has 0 aliphatic rings. The number of halogens is 1. The van der Waals surface area contributed by atoms with E-state index in [2.05, 4.69) is 0 Å². The van der Waals surface area contributed by atoms with Gasteiger partial charge in [-0.05, 0) is 17.0 Å². The fourth-order valence-electron chi connectivity index (χ4n) is 2.57. The molecule has 3 N–H and O–H groups in total. The fourth-order valence-corrected chi connectivity index (χ4v) is 2.57. The van der Waals surface area contributed by atoms with Crippen LogP contribution >= 0.6 is 12.4 Å². The summed E-state index contributed by atoms with van der Waals surface area (Å²) in [7, 11) is 0. The molecule has 0 spiro atoms. The Morgan fingerprint density at radius 1 is 0.870 bits per heavy atom. The summed E-state index contributed by atoms with van der Waals surface area (Å²) in [5, 5.41) is 12.4. The lowest BCUT2D eigenvalue weighted by Gasteiger charge is -2.24. The second kappa shape index (κ2) is 7.97. The predicted octanol–water partition coefficient (Wildman–Crippen LogP) is 3.70. The minimum Gasteiger partial charge on any atom is -0.482 e. The van der Waals surface area contributed by atoms with Crippen molar-refractivity contribution in [1.82, 2.24) is 0 Å². The molecule has 0 aliphatic heterocycles. The Balaban J connectivity index is 0.00000192. The molecule has 0 heterocycles. The second-order valence-electron chi connectivity index (χ2n) is 5.23. The van der Waals surface area contributed by atoms with E-state index in [4.69, 9.17) is 10.5 Å². The molecule has 0 amide bonds. The van der Waals surface area contributed by atoms with Gasteiger partial charge in [0.2, 0.25) is 0 Å². The first-order chi connectivity index (χ1) is 10.8. The molecule has 3 rings (SSSR count). The molecular formula is C19H20ClNO2. The molecule has 0 aromatic heterocycles. The van der Waals surface area contributed by atoms with Crippen molar-refractivity contribution in [3.05, 3.63) is 78.4 Å². The summed E-state index contributed by atoms with van der Waals surface area (Å²) in [4.78, 5) is 0. The first-order valence-corrected chi connectivity index (χ1v) is 7.37. The van der Waals surface area contributed by atoms with E-state index >= 15 is 0 Å². The summed E-state index contributed by atoms with van der Waals surface area (Å²) < 4.78 is 6.14. The molecule has 0 saturated carbocycles. The molecule has 0 saturated heterocycles. The minimum atomic E-state index is -0.763. The molecule has 2 atom stereocenters. The number of rotatable bonds is 5. The molecule has 0 unspecified atom stereocenters. The van der Waals surface area contributed by atoms with E-state index in [1.165, 1.54) is 0 Å². The van der Waals surface area contributed by atoms with Crippen molar-refractivity contribution in [2.45, 2.75) is 12.2 Å². The molecule has 4 heteroatoms. The zero-order valence-electron chi connectivity index (χ0n) is 12.6. The highest BCUT2D eigenvalue weighted by molar-refractivity contribution is 5.88. The SMILES string of the molecule is Cl.NC[C@@H](O)[C@@H](Oc1cccc2ccccc12)c1ccccc1. The number of fused-ring (bicyclic) bond motifs is 1. The summed E-state index contributed by atoms with van der Waals surface area (Å²) in [6, 6.07) is 23.6. The first kappa shape index (κ1) is 17.3. The van der Waals surface area contributed by atoms with Crippen LogP contribution in [-0.4, -0.2) is 17.8 Å². The van der Waals surface area contributed by atoms with Crippen LogP contribution in [0.15, 0.2) is 72.8 Å². The average molecular weight is 330 g/mol. The van der Waals surface area contributed by atoms with Gasteiger partial charge in [0, 0.05) is 11.9 Å². The summed E-state index contributed by atoms with van der Waals surface area (Å²) in [5.74, 6) is 0.749. The van der Waals surface area contributed by atoms with Gasteiger partial charge < -0.3 is 15.6 Å². The highest BCUT2D eigenvalue weighted by Crippen LogP contribution is 2.31. The van der Waals surface area contributed by atoms with E-state index in [9.17, 15) is 5.11 Å². The van der Waals surface area contributed by atoms with Crippen molar-refractivity contribution in [3.8, 4) is 5.75 Å². The molecule has 0 bridgehead atoms. The maximum absolute atomic E-state index is 10.3. The van der Waals surface area contributed by atoms with Crippen molar-refractivity contribution < 1.29 is 9.84 Å². The summed E-state index contributed by atoms with van der Waals surface area (Å²) in [5.41, 5.74) is 6.56. The van der Waals surface area contributed by atoms with E-state index in [1.54, 1.807) is 0 Å². The largest absolute Gasteiger partial charge is 0.482 e. The second-order valence-corrected chi connectivity index (χ2v) is 5.23. The van der Waals surface area contributed by atoms with E-state index in [0.717, 1.165) is 22.1 Å². The van der Waals surface area contributed by atoms with Gasteiger partial charge in [0.25, 0.3) is 0 Å². The third-order valence-corrected chi connectivity index (χ3v) is 3.72. The fraction of sp³-hybridized carbons (Fsp3) is 0.158. The Bertz CT molecular complexity index is 743. The number of benzene rings is 3. The van der Waals surface area contributed by atoms with Crippen molar-refractivity contribution in [2.24, 2.45) is 5.73 Å². The van der Waals surface area contributed by atoms with Gasteiger partial charge in [0.15, 0.2) is 6.10 Å². The van der Waals surface area contributed by atoms with Gasteiger partial charge in [-0.2, -0.15) is 0 Å². The van der Waals surface area contributed by atoms with Crippen LogP contribution in [0.4, 0.5) is 0 Å². The summed E-state index contributed by atoms with van der Waals surface area (Å²) in [6.07, 6.45) is -1.25. The van der Waals surface area contributed by atoms with Gasteiger partial charge in [-0.1, -0.05) is 66.7 Å². The Labute approximate surface area is 142 Å². The predicted molar refractivity (Wildman–Crippen MR) is 96.1 cm³/mol. The van der Waals surface area contributed by atoms with Gasteiger partial charge in [-0.25, -0.2) is 0 Å². The normalized spacial score (nSPS) is 13.1. The van der Waals surface area contributed by atoms with Crippen LogP contribution in [0, 0.1) is 0 Å². The Morgan fingerprint density at radius 2 is 1.52 bits per heavy atom. The molecule has 23 heavy (non-hydrogen) atoms. The zero-order valence-corrected chi connectivity index (χ0v) is 13.4. The van der Waals surface area contributed by atoms with E-state index in [0.29, 0.717) is 0 Å². The number of hydrogen-bond donors (Lipinski definition) is 2. The molecule has 0 radical (unpaired) electrons. The summed E-state index contributed by atoms with van der Waals surface area (Å²) in [6.45, 7) is 0.143. The molecular weight excluding hydrogens is 310 g/mol. The lowest BCUT2D eigenvalue weighted by atomic mass is 10.0. The maximum Gasteiger partial charge on any atom is 0.151 e. The topological polar surface area (TPSA) is 55.5 Å². The minimum absolute atomic E-state index is 0. The van der Waals surface area contributed by atoms with Crippen molar-refractivity contribution in [2.75, 3.05) is 6.54 Å². The van der Waals surface area contributed by atoms with E-state index < -0.39 is 12.2 Å². The lowest BCUT2D eigenvalue weighted by Crippen LogP contribution is -2.31.